The molecule has 116 valence electrons. The lowest BCUT2D eigenvalue weighted by atomic mass is 9.95. The molecule has 3 rings (SSSR count). The summed E-state index contributed by atoms with van der Waals surface area (Å²) in [5.74, 6) is 7.17. The van der Waals surface area contributed by atoms with Crippen LogP contribution in [-0.2, 0) is 9.53 Å². The Morgan fingerprint density at radius 2 is 2.09 bits per heavy atom. The van der Waals surface area contributed by atoms with E-state index in [4.69, 9.17) is 9.47 Å². The first-order valence-corrected chi connectivity index (χ1v) is 7.33. The molecule has 0 N–H and O–H groups in total. The number of anilines is 1. The zero-order chi connectivity index (χ0) is 15.7. The Morgan fingerprint density at radius 1 is 1.32 bits per heavy atom. The smallest absolute Gasteiger partial charge is 0.230 e. The zero-order valence-corrected chi connectivity index (χ0v) is 13.2. The van der Waals surface area contributed by atoms with Crippen molar-refractivity contribution < 1.29 is 14.3 Å². The quantitative estimate of drug-likeness (QED) is 0.729. The Labute approximate surface area is 130 Å². The van der Waals surface area contributed by atoms with E-state index >= 15 is 0 Å². The molecule has 0 radical (unpaired) electrons. The van der Waals surface area contributed by atoms with Crippen molar-refractivity contribution in [1.82, 2.24) is 4.90 Å². The van der Waals surface area contributed by atoms with Gasteiger partial charge in [0.2, 0.25) is 5.91 Å². The van der Waals surface area contributed by atoms with Crippen LogP contribution in [0, 0.1) is 11.8 Å². The van der Waals surface area contributed by atoms with Gasteiger partial charge in [-0.15, -0.1) is 0 Å². The van der Waals surface area contributed by atoms with E-state index < -0.39 is 0 Å². The molecule has 0 aliphatic carbocycles. The van der Waals surface area contributed by atoms with E-state index in [1.54, 1.807) is 19.1 Å². The number of rotatable bonds is 1. The molecule has 1 fully saturated rings. The first-order valence-electron chi connectivity index (χ1n) is 7.33. The minimum absolute atomic E-state index is 0.0536. The van der Waals surface area contributed by atoms with Gasteiger partial charge in [-0.3, -0.25) is 9.69 Å². The topological polar surface area (TPSA) is 42.0 Å². The molecule has 0 atom stereocenters. The third kappa shape index (κ3) is 2.68. The van der Waals surface area contributed by atoms with Gasteiger partial charge in [0.25, 0.3) is 0 Å². The molecule has 2 heterocycles. The number of methoxy groups -OCH3 is 1. The average molecular weight is 300 g/mol. The van der Waals surface area contributed by atoms with Crippen LogP contribution in [0.3, 0.4) is 0 Å². The van der Waals surface area contributed by atoms with Crippen LogP contribution in [0.4, 0.5) is 5.69 Å². The Hall–Kier alpha value is -2.03. The van der Waals surface area contributed by atoms with Crippen molar-refractivity contribution in [2.45, 2.75) is 12.0 Å². The molecular formula is C17H20N2O3. The Morgan fingerprint density at radius 3 is 2.77 bits per heavy atom. The van der Waals surface area contributed by atoms with Crippen LogP contribution in [0.1, 0.15) is 12.0 Å². The maximum Gasteiger partial charge on any atom is 0.230 e. The van der Waals surface area contributed by atoms with Crippen LogP contribution in [0.25, 0.3) is 0 Å². The van der Waals surface area contributed by atoms with Gasteiger partial charge in [0.05, 0.1) is 18.7 Å². The summed E-state index contributed by atoms with van der Waals surface area (Å²) < 4.78 is 11.1. The number of amides is 1. The van der Waals surface area contributed by atoms with E-state index in [2.05, 4.69) is 16.7 Å². The van der Waals surface area contributed by atoms with E-state index in [0.29, 0.717) is 13.0 Å². The fourth-order valence-corrected chi connectivity index (χ4v) is 2.80. The molecule has 1 aromatic rings. The number of nitrogens with zero attached hydrogens (tertiary/aromatic N) is 2. The monoisotopic (exact) mass is 300 g/mol. The summed E-state index contributed by atoms with van der Waals surface area (Å²) in [6.07, 6.45) is 0.394. The summed E-state index contributed by atoms with van der Waals surface area (Å²) in [6.45, 7) is 2.03. The van der Waals surface area contributed by atoms with Gasteiger partial charge in [-0.2, -0.15) is 0 Å². The molecule has 5 heteroatoms. The highest BCUT2D eigenvalue weighted by Gasteiger charge is 2.39. The highest BCUT2D eigenvalue weighted by atomic mass is 16.5. The van der Waals surface area contributed by atoms with E-state index in [1.165, 1.54) is 0 Å². The normalized spacial score (nSPS) is 20.1. The summed E-state index contributed by atoms with van der Waals surface area (Å²) in [5, 5.41) is 0. The highest BCUT2D eigenvalue weighted by Crippen LogP contribution is 2.31. The van der Waals surface area contributed by atoms with Crippen LogP contribution >= 0.6 is 0 Å². The number of carbonyl (C=O) groups excluding carboxylic acids is 1. The lowest BCUT2D eigenvalue weighted by molar-refractivity contribution is -0.118. The number of benzene rings is 1. The van der Waals surface area contributed by atoms with Crippen LogP contribution in [-0.4, -0.2) is 57.3 Å². The number of fused-ring (bicyclic) bond motifs is 1. The summed E-state index contributed by atoms with van der Waals surface area (Å²) in [7, 11) is 5.50. The zero-order valence-electron chi connectivity index (χ0n) is 13.2. The first-order chi connectivity index (χ1) is 10.5. The predicted octanol–water partition coefficient (Wildman–Crippen LogP) is 1.11. The summed E-state index contributed by atoms with van der Waals surface area (Å²) in [4.78, 5) is 15.7. The van der Waals surface area contributed by atoms with Gasteiger partial charge in [0.1, 0.15) is 5.75 Å². The minimum atomic E-state index is -0.375. The lowest BCUT2D eigenvalue weighted by Crippen LogP contribution is -2.60. The molecule has 0 aromatic heterocycles. The summed E-state index contributed by atoms with van der Waals surface area (Å²) in [6, 6.07) is 5.69. The Balaban J connectivity index is 1.88. The van der Waals surface area contributed by atoms with E-state index in [1.807, 2.05) is 25.2 Å². The number of hydrogen-bond acceptors (Lipinski definition) is 4. The van der Waals surface area contributed by atoms with Crippen molar-refractivity contribution in [2.24, 2.45) is 0 Å². The molecule has 1 aromatic carbocycles. The third-order valence-electron chi connectivity index (χ3n) is 4.14. The largest absolute Gasteiger partial charge is 0.491 e. The number of hydrogen-bond donors (Lipinski definition) is 0. The number of ether oxygens (including phenoxy) is 2. The van der Waals surface area contributed by atoms with Crippen molar-refractivity contribution in [1.29, 1.82) is 0 Å². The first kappa shape index (κ1) is 14.9. The molecule has 5 nitrogen and oxygen atoms in total. The van der Waals surface area contributed by atoms with Gasteiger partial charge in [0.15, 0.2) is 5.60 Å². The maximum atomic E-state index is 11.9. The van der Waals surface area contributed by atoms with Crippen molar-refractivity contribution in [3.05, 3.63) is 23.8 Å². The Kier molecular flexibility index (Phi) is 3.81. The summed E-state index contributed by atoms with van der Waals surface area (Å²) >= 11 is 0. The SMILES string of the molecule is COC1(C#Cc2ccc3c(c2)N(C)C(=O)CCO3)CN(C)C1. The maximum absolute atomic E-state index is 11.9. The minimum Gasteiger partial charge on any atom is -0.491 e. The van der Waals surface area contributed by atoms with Crippen molar-refractivity contribution in [3.8, 4) is 17.6 Å². The van der Waals surface area contributed by atoms with E-state index in [9.17, 15) is 4.79 Å². The predicted molar refractivity (Wildman–Crippen MR) is 84.1 cm³/mol. The second kappa shape index (κ2) is 5.64. The molecule has 1 saturated heterocycles. The van der Waals surface area contributed by atoms with Crippen molar-refractivity contribution >= 4 is 11.6 Å². The lowest BCUT2D eigenvalue weighted by Gasteiger charge is -2.43. The van der Waals surface area contributed by atoms with E-state index in [0.717, 1.165) is 30.1 Å². The second-order valence-electron chi connectivity index (χ2n) is 5.85. The highest BCUT2D eigenvalue weighted by molar-refractivity contribution is 5.95. The number of carbonyl (C=O) groups is 1. The second-order valence-corrected chi connectivity index (χ2v) is 5.85. The molecule has 1 amide bonds. The average Bonchev–Trinajstić information content (AvgIpc) is 2.62. The molecular weight excluding hydrogens is 280 g/mol. The number of likely N-dealkylation sites (N-methyl/N-ethyl adjacent to an activating group) is 1. The molecule has 0 bridgehead atoms. The van der Waals surface area contributed by atoms with Crippen LogP contribution in [0.5, 0.6) is 5.75 Å². The molecule has 2 aliphatic heterocycles. The van der Waals surface area contributed by atoms with Gasteiger partial charge in [-0.1, -0.05) is 11.8 Å². The summed E-state index contributed by atoms with van der Waals surface area (Å²) in [5.41, 5.74) is 1.25. The van der Waals surface area contributed by atoms with Gasteiger partial charge >= 0.3 is 0 Å². The van der Waals surface area contributed by atoms with Crippen LogP contribution in [0.15, 0.2) is 18.2 Å². The number of likely N-dealkylation sites (tertiary alicyclic amines) is 1. The fraction of sp³-hybridized carbons (Fsp3) is 0.471. The van der Waals surface area contributed by atoms with Crippen molar-refractivity contribution in [2.75, 3.05) is 45.8 Å². The molecule has 0 saturated carbocycles. The van der Waals surface area contributed by atoms with E-state index in [-0.39, 0.29) is 11.5 Å². The third-order valence-corrected chi connectivity index (χ3v) is 4.14. The fourth-order valence-electron chi connectivity index (χ4n) is 2.80. The molecule has 0 spiro atoms. The standard InChI is InChI=1S/C17H20N2O3/c1-18-11-17(12-18,21-3)8-6-13-4-5-15-14(10-13)19(2)16(20)7-9-22-15/h4-5,10H,7,9,11-12H2,1-3H3. The van der Waals surface area contributed by atoms with Gasteiger partial charge in [-0.05, 0) is 25.2 Å². The van der Waals surface area contributed by atoms with Gasteiger partial charge < -0.3 is 14.4 Å². The van der Waals surface area contributed by atoms with Crippen molar-refractivity contribution in [3.63, 3.8) is 0 Å². The van der Waals surface area contributed by atoms with Crippen LogP contribution < -0.4 is 9.64 Å². The van der Waals surface area contributed by atoms with Crippen LogP contribution in [0.2, 0.25) is 0 Å². The molecule has 22 heavy (non-hydrogen) atoms. The van der Waals surface area contributed by atoms with Gasteiger partial charge in [0, 0.05) is 32.8 Å². The Bertz CT molecular complexity index is 654. The molecule has 2 aliphatic rings. The van der Waals surface area contributed by atoms with Gasteiger partial charge in [-0.25, -0.2) is 0 Å². The molecule has 0 unspecified atom stereocenters.